The lowest BCUT2D eigenvalue weighted by Crippen LogP contribution is -2.05. The maximum atomic E-state index is 6.28. The minimum Gasteiger partial charge on any atom is -0.398 e. The van der Waals surface area contributed by atoms with Crippen LogP contribution in [0.4, 0.5) is 5.69 Å². The molecule has 104 valence electrons. The van der Waals surface area contributed by atoms with E-state index in [2.05, 4.69) is 54.0 Å². The van der Waals surface area contributed by atoms with Crippen LogP contribution in [-0.2, 0) is 6.42 Å². The van der Waals surface area contributed by atoms with Gasteiger partial charge in [0.05, 0.1) is 5.52 Å². The number of aromatic nitrogens is 1. The Labute approximate surface area is 124 Å². The first kappa shape index (κ1) is 12.3. The number of fused-ring (bicyclic) bond motifs is 3. The summed E-state index contributed by atoms with van der Waals surface area (Å²) >= 11 is 0. The zero-order chi connectivity index (χ0) is 14.4. The molecule has 3 aromatic rings. The SMILES string of the molecule is CC1C=Cc2c(c3c(N)cccc3n2-c2ccccc2)C1. The summed E-state index contributed by atoms with van der Waals surface area (Å²) in [5.41, 5.74) is 12.2. The molecule has 0 fully saturated rings. The van der Waals surface area contributed by atoms with Crippen LogP contribution in [0.2, 0.25) is 0 Å². The summed E-state index contributed by atoms with van der Waals surface area (Å²) in [5, 5.41) is 1.22. The minimum absolute atomic E-state index is 0.562. The van der Waals surface area contributed by atoms with Crippen molar-refractivity contribution in [1.29, 1.82) is 0 Å². The number of nitrogen functional groups attached to an aromatic ring is 1. The Morgan fingerprint density at radius 1 is 1.05 bits per heavy atom. The van der Waals surface area contributed by atoms with Crippen LogP contribution in [0.1, 0.15) is 18.2 Å². The molecule has 0 saturated carbocycles. The summed E-state index contributed by atoms with van der Waals surface area (Å²) in [6, 6.07) is 16.7. The van der Waals surface area contributed by atoms with Crippen molar-refractivity contribution in [3.63, 3.8) is 0 Å². The Hall–Kier alpha value is -2.48. The van der Waals surface area contributed by atoms with Crippen LogP contribution in [0, 0.1) is 5.92 Å². The van der Waals surface area contributed by atoms with E-state index in [4.69, 9.17) is 5.73 Å². The molecule has 0 aliphatic heterocycles. The maximum Gasteiger partial charge on any atom is 0.0558 e. The first-order valence-corrected chi connectivity index (χ1v) is 7.41. The maximum absolute atomic E-state index is 6.28. The van der Waals surface area contributed by atoms with Crippen LogP contribution in [0.3, 0.4) is 0 Å². The zero-order valence-corrected chi connectivity index (χ0v) is 12.1. The van der Waals surface area contributed by atoms with Crippen molar-refractivity contribution in [2.24, 2.45) is 5.92 Å². The number of benzene rings is 2. The molecule has 1 unspecified atom stereocenters. The van der Waals surface area contributed by atoms with Gasteiger partial charge >= 0.3 is 0 Å². The van der Waals surface area contributed by atoms with Crippen LogP contribution in [0.25, 0.3) is 22.7 Å². The highest BCUT2D eigenvalue weighted by atomic mass is 15.0. The highest BCUT2D eigenvalue weighted by Crippen LogP contribution is 2.37. The molecule has 2 nitrogen and oxygen atoms in total. The number of para-hydroxylation sites is 1. The van der Waals surface area contributed by atoms with Gasteiger partial charge < -0.3 is 10.3 Å². The van der Waals surface area contributed by atoms with Crippen LogP contribution in [0.15, 0.2) is 54.6 Å². The molecule has 0 saturated heterocycles. The van der Waals surface area contributed by atoms with Crippen molar-refractivity contribution in [1.82, 2.24) is 4.57 Å². The zero-order valence-electron chi connectivity index (χ0n) is 12.1. The third-order valence-electron chi connectivity index (χ3n) is 4.29. The largest absolute Gasteiger partial charge is 0.398 e. The van der Waals surface area contributed by atoms with Crippen molar-refractivity contribution in [3.05, 3.63) is 65.9 Å². The summed E-state index contributed by atoms with van der Waals surface area (Å²) in [7, 11) is 0. The molecule has 4 rings (SSSR count). The number of nitrogens with two attached hydrogens (primary N) is 1. The van der Waals surface area contributed by atoms with Gasteiger partial charge in [0.25, 0.3) is 0 Å². The van der Waals surface area contributed by atoms with Gasteiger partial charge in [0, 0.05) is 22.5 Å². The second-order valence-electron chi connectivity index (χ2n) is 5.82. The Bertz CT molecular complexity index is 841. The molecule has 2 heteroatoms. The summed E-state index contributed by atoms with van der Waals surface area (Å²) < 4.78 is 2.32. The van der Waals surface area contributed by atoms with Crippen LogP contribution < -0.4 is 5.73 Å². The van der Waals surface area contributed by atoms with Gasteiger partial charge in [-0.1, -0.05) is 37.3 Å². The molecule has 1 atom stereocenters. The molecule has 0 amide bonds. The van der Waals surface area contributed by atoms with E-state index in [1.165, 1.54) is 27.8 Å². The molecule has 1 aliphatic carbocycles. The molecule has 2 aromatic carbocycles. The number of rotatable bonds is 1. The Kier molecular flexibility index (Phi) is 2.64. The summed E-state index contributed by atoms with van der Waals surface area (Å²) in [5.74, 6) is 0.562. The number of allylic oxidation sites excluding steroid dienone is 1. The average molecular weight is 274 g/mol. The van der Waals surface area contributed by atoms with E-state index < -0.39 is 0 Å². The van der Waals surface area contributed by atoms with Crippen molar-refractivity contribution in [2.75, 3.05) is 5.73 Å². The third-order valence-corrected chi connectivity index (χ3v) is 4.29. The third kappa shape index (κ3) is 1.79. The molecular formula is C19H18N2. The van der Waals surface area contributed by atoms with E-state index in [-0.39, 0.29) is 0 Å². The monoisotopic (exact) mass is 274 g/mol. The molecule has 2 N–H and O–H groups in total. The van der Waals surface area contributed by atoms with Crippen LogP contribution in [-0.4, -0.2) is 4.57 Å². The van der Waals surface area contributed by atoms with Gasteiger partial charge in [-0.2, -0.15) is 0 Å². The quantitative estimate of drug-likeness (QED) is 0.654. The fraction of sp³-hybridized carbons (Fsp3) is 0.158. The van der Waals surface area contributed by atoms with E-state index in [9.17, 15) is 0 Å². The molecule has 1 heterocycles. The number of anilines is 1. The normalized spacial score (nSPS) is 17.1. The molecule has 1 aliphatic rings. The van der Waals surface area contributed by atoms with Crippen molar-refractivity contribution in [2.45, 2.75) is 13.3 Å². The number of hydrogen-bond acceptors (Lipinski definition) is 1. The molecule has 1 aromatic heterocycles. The van der Waals surface area contributed by atoms with Gasteiger partial charge in [-0.3, -0.25) is 0 Å². The van der Waals surface area contributed by atoms with Crippen LogP contribution in [0.5, 0.6) is 0 Å². The fourth-order valence-electron chi connectivity index (χ4n) is 3.35. The number of hydrogen-bond donors (Lipinski definition) is 1. The predicted molar refractivity (Wildman–Crippen MR) is 89.6 cm³/mol. The highest BCUT2D eigenvalue weighted by molar-refractivity contribution is 5.98. The lowest BCUT2D eigenvalue weighted by atomic mass is 9.93. The van der Waals surface area contributed by atoms with Gasteiger partial charge in [0.15, 0.2) is 0 Å². The summed E-state index contributed by atoms with van der Waals surface area (Å²) in [6.07, 6.45) is 5.59. The molecular weight excluding hydrogens is 256 g/mol. The van der Waals surface area contributed by atoms with Crippen molar-refractivity contribution in [3.8, 4) is 5.69 Å². The van der Waals surface area contributed by atoms with Crippen LogP contribution >= 0.6 is 0 Å². The van der Waals surface area contributed by atoms with Gasteiger partial charge in [0.1, 0.15) is 0 Å². The lowest BCUT2D eigenvalue weighted by molar-refractivity contribution is 0.718. The van der Waals surface area contributed by atoms with Gasteiger partial charge in [0.2, 0.25) is 0 Å². The molecule has 0 radical (unpaired) electrons. The highest BCUT2D eigenvalue weighted by Gasteiger charge is 2.21. The Balaban J connectivity index is 2.13. The second kappa shape index (κ2) is 4.52. The smallest absolute Gasteiger partial charge is 0.0558 e. The van der Waals surface area contributed by atoms with E-state index >= 15 is 0 Å². The van der Waals surface area contributed by atoms with Gasteiger partial charge in [-0.05, 0) is 48.2 Å². The Morgan fingerprint density at radius 2 is 1.86 bits per heavy atom. The molecule has 0 bridgehead atoms. The molecule has 0 spiro atoms. The van der Waals surface area contributed by atoms with Crippen molar-refractivity contribution >= 4 is 22.7 Å². The first-order valence-electron chi connectivity index (χ1n) is 7.41. The first-order chi connectivity index (χ1) is 10.3. The number of nitrogens with zero attached hydrogens (tertiary/aromatic N) is 1. The van der Waals surface area contributed by atoms with E-state index in [1.807, 2.05) is 18.2 Å². The fourth-order valence-corrected chi connectivity index (χ4v) is 3.35. The average Bonchev–Trinajstić information content (AvgIpc) is 2.83. The van der Waals surface area contributed by atoms with E-state index in [1.54, 1.807) is 0 Å². The summed E-state index contributed by atoms with van der Waals surface area (Å²) in [6.45, 7) is 2.25. The predicted octanol–water partition coefficient (Wildman–Crippen LogP) is 4.42. The Morgan fingerprint density at radius 3 is 2.67 bits per heavy atom. The van der Waals surface area contributed by atoms with E-state index in [0.717, 1.165) is 12.1 Å². The minimum atomic E-state index is 0.562. The molecule has 21 heavy (non-hydrogen) atoms. The topological polar surface area (TPSA) is 30.9 Å². The van der Waals surface area contributed by atoms with Crippen molar-refractivity contribution < 1.29 is 0 Å². The standard InChI is InChI=1S/C19H18N2/c1-13-10-11-17-15(12-13)19-16(20)8-5-9-18(19)21(17)14-6-3-2-4-7-14/h2-11,13H,12,20H2,1H3. The second-order valence-corrected chi connectivity index (χ2v) is 5.82. The lowest BCUT2D eigenvalue weighted by Gasteiger charge is -2.15. The van der Waals surface area contributed by atoms with Gasteiger partial charge in [-0.25, -0.2) is 0 Å². The van der Waals surface area contributed by atoms with E-state index in [0.29, 0.717) is 5.92 Å². The summed E-state index contributed by atoms with van der Waals surface area (Å²) in [4.78, 5) is 0. The van der Waals surface area contributed by atoms with Gasteiger partial charge in [-0.15, -0.1) is 0 Å².